The Balaban J connectivity index is 4.36. The maximum atomic E-state index is 12.9. The van der Waals surface area contributed by atoms with Crippen molar-refractivity contribution in [1.82, 2.24) is 0 Å². The van der Waals surface area contributed by atoms with Crippen molar-refractivity contribution in [3.63, 3.8) is 0 Å². The Morgan fingerprint density at radius 3 is 0.848 bits per heavy atom. The van der Waals surface area contributed by atoms with Gasteiger partial charge in [-0.25, -0.2) is 0 Å². The van der Waals surface area contributed by atoms with Crippen LogP contribution >= 0.6 is 0 Å². The van der Waals surface area contributed by atoms with E-state index in [9.17, 15) is 14.4 Å². The van der Waals surface area contributed by atoms with Crippen LogP contribution in [0.5, 0.6) is 0 Å². The van der Waals surface area contributed by atoms with Crippen LogP contribution in [0, 0.1) is 0 Å². The standard InChI is InChI=1S/C73H128O6/c1-4-7-10-13-16-19-22-25-28-31-33-34-35-36-37-38-40-42-45-48-51-54-57-60-63-66-72(75)78-69-70(68-77-71(74)65-62-59-56-53-50-47-44-41-30-27-24-21-18-15-12-9-6-3)79-73(76)67-64-61-58-55-52-49-46-43-39-32-29-26-23-20-17-14-11-8-5-2/h9,12,17-18,20-21,26-27,29-30,44,47,53,56,70H,4-8,10-11,13-16,19,22-25,28,31-43,45-46,48-52,54-55,57-69H2,1-3H3/b12-9-,20-17-,21-18-,29-26-,30-27-,47-44-,56-53-. The van der Waals surface area contributed by atoms with Gasteiger partial charge in [0.25, 0.3) is 0 Å². The van der Waals surface area contributed by atoms with Crippen molar-refractivity contribution in [2.45, 2.75) is 348 Å². The number of carbonyl (C=O) groups is 3. The van der Waals surface area contributed by atoms with Crippen LogP contribution in [-0.4, -0.2) is 37.2 Å². The van der Waals surface area contributed by atoms with E-state index in [0.717, 1.165) is 83.5 Å². The molecule has 0 aliphatic heterocycles. The average molecular weight is 1100 g/mol. The molecule has 6 nitrogen and oxygen atoms in total. The van der Waals surface area contributed by atoms with Crippen molar-refractivity contribution in [2.24, 2.45) is 0 Å². The third kappa shape index (κ3) is 65.3. The van der Waals surface area contributed by atoms with Gasteiger partial charge >= 0.3 is 17.9 Å². The number of unbranched alkanes of at least 4 members (excludes halogenated alkanes) is 37. The fourth-order valence-corrected chi connectivity index (χ4v) is 9.81. The van der Waals surface area contributed by atoms with Crippen LogP contribution in [0.2, 0.25) is 0 Å². The zero-order chi connectivity index (χ0) is 57.1. The van der Waals surface area contributed by atoms with Crippen LogP contribution in [-0.2, 0) is 28.6 Å². The maximum absolute atomic E-state index is 12.9. The summed E-state index contributed by atoms with van der Waals surface area (Å²) in [4.78, 5) is 38.4. The van der Waals surface area contributed by atoms with Gasteiger partial charge in [0.15, 0.2) is 6.10 Å². The first-order valence-corrected chi connectivity index (χ1v) is 34.1. The Bertz CT molecular complexity index is 1500. The number of esters is 3. The highest BCUT2D eigenvalue weighted by atomic mass is 16.6. The zero-order valence-electron chi connectivity index (χ0n) is 52.4. The zero-order valence-corrected chi connectivity index (χ0v) is 52.4. The van der Waals surface area contributed by atoms with Gasteiger partial charge in [-0.3, -0.25) is 14.4 Å². The van der Waals surface area contributed by atoms with Gasteiger partial charge in [-0.15, -0.1) is 0 Å². The lowest BCUT2D eigenvalue weighted by molar-refractivity contribution is -0.167. The monoisotopic (exact) mass is 1100 g/mol. The van der Waals surface area contributed by atoms with E-state index in [1.54, 1.807) is 0 Å². The molecule has 0 amide bonds. The molecule has 0 spiro atoms. The number of carbonyl (C=O) groups excluding carboxylic acids is 3. The molecule has 79 heavy (non-hydrogen) atoms. The molecule has 0 radical (unpaired) electrons. The van der Waals surface area contributed by atoms with Crippen molar-refractivity contribution < 1.29 is 28.6 Å². The van der Waals surface area contributed by atoms with E-state index < -0.39 is 6.10 Å². The van der Waals surface area contributed by atoms with E-state index in [-0.39, 0.29) is 37.5 Å². The van der Waals surface area contributed by atoms with Gasteiger partial charge in [-0.05, 0) is 89.9 Å². The highest BCUT2D eigenvalue weighted by molar-refractivity contribution is 5.71. The smallest absolute Gasteiger partial charge is 0.306 e. The SMILES string of the molecule is CC/C=C\C/C=C\C/C=C\C/C=C\C/C=C\CCCC(=O)OCC(COC(=O)CCCCCCCCCCCCCCCCCCCCCCCCCCC)OC(=O)CCCCCCCCCCC/C=C\C/C=C\CCCCC. The first kappa shape index (κ1) is 75.6. The fraction of sp³-hybridized carbons (Fsp3) is 0.767. The molecular weight excluding hydrogens is 973 g/mol. The van der Waals surface area contributed by atoms with E-state index >= 15 is 0 Å². The number of allylic oxidation sites excluding steroid dienone is 14. The van der Waals surface area contributed by atoms with Crippen molar-refractivity contribution in [2.75, 3.05) is 13.2 Å². The van der Waals surface area contributed by atoms with E-state index in [2.05, 4.69) is 106 Å². The number of rotatable bonds is 62. The Kier molecular flexibility index (Phi) is 64.2. The molecule has 0 fully saturated rings. The molecule has 0 saturated carbocycles. The van der Waals surface area contributed by atoms with E-state index in [1.165, 1.54) is 212 Å². The van der Waals surface area contributed by atoms with E-state index in [0.29, 0.717) is 19.3 Å². The molecular formula is C73H128O6. The molecule has 0 heterocycles. The molecule has 0 bridgehead atoms. The van der Waals surface area contributed by atoms with E-state index in [4.69, 9.17) is 14.2 Å². The molecule has 1 unspecified atom stereocenters. The third-order valence-electron chi connectivity index (χ3n) is 14.9. The summed E-state index contributed by atoms with van der Waals surface area (Å²) in [5.41, 5.74) is 0. The fourth-order valence-electron chi connectivity index (χ4n) is 9.81. The van der Waals surface area contributed by atoms with E-state index in [1.807, 2.05) is 0 Å². The Morgan fingerprint density at radius 1 is 0.266 bits per heavy atom. The van der Waals surface area contributed by atoms with Gasteiger partial charge in [-0.2, -0.15) is 0 Å². The maximum Gasteiger partial charge on any atom is 0.306 e. The minimum Gasteiger partial charge on any atom is -0.462 e. The molecule has 0 N–H and O–H groups in total. The average Bonchev–Trinajstić information content (AvgIpc) is 3.45. The van der Waals surface area contributed by atoms with Gasteiger partial charge in [0.2, 0.25) is 0 Å². The number of hydrogen-bond acceptors (Lipinski definition) is 6. The second kappa shape index (κ2) is 67.1. The summed E-state index contributed by atoms with van der Waals surface area (Å²) in [5, 5.41) is 0. The largest absolute Gasteiger partial charge is 0.462 e. The van der Waals surface area contributed by atoms with Crippen molar-refractivity contribution >= 4 is 17.9 Å². The second-order valence-corrected chi connectivity index (χ2v) is 22.7. The lowest BCUT2D eigenvalue weighted by Crippen LogP contribution is -2.30. The number of ether oxygens (including phenoxy) is 3. The van der Waals surface area contributed by atoms with Gasteiger partial charge in [-0.1, -0.05) is 318 Å². The van der Waals surface area contributed by atoms with Crippen molar-refractivity contribution in [3.8, 4) is 0 Å². The highest BCUT2D eigenvalue weighted by Gasteiger charge is 2.19. The molecule has 0 aliphatic carbocycles. The van der Waals surface area contributed by atoms with Gasteiger partial charge < -0.3 is 14.2 Å². The molecule has 6 heteroatoms. The summed E-state index contributed by atoms with van der Waals surface area (Å²) in [6, 6.07) is 0. The Morgan fingerprint density at radius 2 is 0.506 bits per heavy atom. The van der Waals surface area contributed by atoms with Crippen LogP contribution < -0.4 is 0 Å². The van der Waals surface area contributed by atoms with Crippen LogP contribution in [0.3, 0.4) is 0 Å². The summed E-state index contributed by atoms with van der Waals surface area (Å²) in [5.74, 6) is -0.942. The summed E-state index contributed by atoms with van der Waals surface area (Å²) in [6.07, 6.45) is 89.0. The summed E-state index contributed by atoms with van der Waals surface area (Å²) in [6.45, 7) is 6.50. The topological polar surface area (TPSA) is 78.9 Å². The van der Waals surface area contributed by atoms with Crippen LogP contribution in [0.1, 0.15) is 342 Å². The Labute approximate surface area is 490 Å². The van der Waals surface area contributed by atoms with Gasteiger partial charge in [0.1, 0.15) is 13.2 Å². The summed E-state index contributed by atoms with van der Waals surface area (Å²) >= 11 is 0. The quantitative estimate of drug-likeness (QED) is 0.0261. The first-order chi connectivity index (χ1) is 39.0. The Hall–Kier alpha value is -3.41. The van der Waals surface area contributed by atoms with Crippen LogP contribution in [0.4, 0.5) is 0 Å². The minimum atomic E-state index is -0.803. The minimum absolute atomic E-state index is 0.0931. The third-order valence-corrected chi connectivity index (χ3v) is 14.9. The molecule has 0 aromatic carbocycles. The normalized spacial score (nSPS) is 12.6. The van der Waals surface area contributed by atoms with Crippen LogP contribution in [0.25, 0.3) is 0 Å². The summed E-state index contributed by atoms with van der Waals surface area (Å²) in [7, 11) is 0. The summed E-state index contributed by atoms with van der Waals surface area (Å²) < 4.78 is 16.9. The molecule has 1 atom stereocenters. The van der Waals surface area contributed by atoms with Crippen molar-refractivity contribution in [3.05, 3.63) is 85.1 Å². The molecule has 0 aliphatic rings. The molecule has 0 saturated heterocycles. The van der Waals surface area contributed by atoms with Gasteiger partial charge in [0.05, 0.1) is 0 Å². The molecule has 456 valence electrons. The van der Waals surface area contributed by atoms with Gasteiger partial charge in [0, 0.05) is 19.3 Å². The second-order valence-electron chi connectivity index (χ2n) is 22.7. The molecule has 0 aromatic rings. The first-order valence-electron chi connectivity index (χ1n) is 34.1. The lowest BCUT2D eigenvalue weighted by atomic mass is 10.0. The predicted molar refractivity (Wildman–Crippen MR) is 344 cm³/mol. The molecule has 0 aromatic heterocycles. The van der Waals surface area contributed by atoms with Crippen molar-refractivity contribution in [1.29, 1.82) is 0 Å². The highest BCUT2D eigenvalue weighted by Crippen LogP contribution is 2.18. The lowest BCUT2D eigenvalue weighted by Gasteiger charge is -2.18. The predicted octanol–water partition coefficient (Wildman–Crippen LogP) is 23.4. The molecule has 0 rings (SSSR count). The van der Waals surface area contributed by atoms with Crippen LogP contribution in [0.15, 0.2) is 85.1 Å². The number of hydrogen-bond donors (Lipinski definition) is 0.